The van der Waals surface area contributed by atoms with E-state index in [2.05, 4.69) is 10.4 Å². The van der Waals surface area contributed by atoms with E-state index >= 15 is 0 Å². The number of methoxy groups -OCH3 is 1. The lowest BCUT2D eigenvalue weighted by atomic mass is 10.1. The molecule has 0 radical (unpaired) electrons. The van der Waals surface area contributed by atoms with E-state index in [1.54, 1.807) is 17.9 Å². The second-order valence-corrected chi connectivity index (χ2v) is 6.30. The number of carboxylic acids is 1. The minimum atomic E-state index is -0.795. The van der Waals surface area contributed by atoms with Gasteiger partial charge in [-0.2, -0.15) is 5.10 Å². The fourth-order valence-electron chi connectivity index (χ4n) is 3.17. The minimum Gasteiger partial charge on any atom is -0.497 e. The van der Waals surface area contributed by atoms with Gasteiger partial charge in [-0.15, -0.1) is 0 Å². The van der Waals surface area contributed by atoms with Gasteiger partial charge in [0.1, 0.15) is 5.75 Å². The Labute approximate surface area is 145 Å². The predicted octanol–water partition coefficient (Wildman–Crippen LogP) is 2.17. The van der Waals surface area contributed by atoms with Crippen molar-refractivity contribution in [3.63, 3.8) is 0 Å². The number of aromatic nitrogens is 2. The molecule has 1 aliphatic rings. The maximum atomic E-state index is 12.4. The summed E-state index contributed by atoms with van der Waals surface area (Å²) in [4.78, 5) is 23.4. The van der Waals surface area contributed by atoms with Crippen molar-refractivity contribution in [3.05, 3.63) is 41.7 Å². The first-order valence-corrected chi connectivity index (χ1v) is 8.22. The van der Waals surface area contributed by atoms with E-state index in [4.69, 9.17) is 9.84 Å². The normalized spacial score (nSPS) is 19.6. The molecule has 1 amide bonds. The second-order valence-electron chi connectivity index (χ2n) is 6.30. The molecule has 25 heavy (non-hydrogen) atoms. The van der Waals surface area contributed by atoms with Crippen molar-refractivity contribution in [1.82, 2.24) is 15.1 Å². The molecule has 132 valence electrons. The number of carbonyl (C=O) groups excluding carboxylic acids is 1. The highest BCUT2D eigenvalue weighted by atomic mass is 16.5. The van der Waals surface area contributed by atoms with Crippen LogP contribution in [0.15, 0.2) is 30.3 Å². The molecule has 7 nitrogen and oxygen atoms in total. The monoisotopic (exact) mass is 343 g/mol. The molecule has 0 saturated heterocycles. The Kier molecular flexibility index (Phi) is 4.74. The average Bonchev–Trinajstić information content (AvgIpc) is 3.22. The Balaban J connectivity index is 1.71. The molecule has 2 aromatic rings. The molecular weight excluding hydrogens is 322 g/mol. The molecule has 2 N–H and O–H groups in total. The summed E-state index contributed by atoms with van der Waals surface area (Å²) < 4.78 is 6.84. The Morgan fingerprint density at radius 3 is 2.60 bits per heavy atom. The Morgan fingerprint density at radius 1 is 1.28 bits per heavy atom. The van der Waals surface area contributed by atoms with Gasteiger partial charge in [0.25, 0.3) is 5.91 Å². The summed E-state index contributed by atoms with van der Waals surface area (Å²) >= 11 is 0. The van der Waals surface area contributed by atoms with E-state index in [0.717, 1.165) is 17.1 Å². The number of nitrogens with one attached hydrogen (secondary N) is 1. The van der Waals surface area contributed by atoms with Gasteiger partial charge in [0.2, 0.25) is 0 Å². The number of hydrogen-bond acceptors (Lipinski definition) is 4. The van der Waals surface area contributed by atoms with Crippen LogP contribution in [0.5, 0.6) is 5.75 Å². The van der Waals surface area contributed by atoms with Crippen molar-refractivity contribution >= 4 is 11.9 Å². The fraction of sp³-hybridized carbons (Fsp3) is 0.389. The van der Waals surface area contributed by atoms with Crippen LogP contribution in [0.4, 0.5) is 0 Å². The number of ether oxygens (including phenoxy) is 1. The van der Waals surface area contributed by atoms with E-state index in [-0.39, 0.29) is 17.9 Å². The number of aryl methyl sites for hydroxylation is 1. The van der Waals surface area contributed by atoms with Crippen molar-refractivity contribution in [1.29, 1.82) is 0 Å². The zero-order valence-electron chi connectivity index (χ0n) is 14.2. The Hall–Kier alpha value is -2.83. The quantitative estimate of drug-likeness (QED) is 0.868. The number of hydrogen-bond donors (Lipinski definition) is 2. The molecule has 1 aliphatic carbocycles. The average molecular weight is 343 g/mol. The molecule has 2 atom stereocenters. The van der Waals surface area contributed by atoms with Gasteiger partial charge in [-0.05, 0) is 56.5 Å². The number of carboxylic acid groups (broad SMARTS) is 1. The molecule has 0 unspecified atom stereocenters. The third-order valence-electron chi connectivity index (χ3n) is 4.55. The highest BCUT2D eigenvalue weighted by molar-refractivity contribution is 5.92. The number of aliphatic carboxylic acids is 1. The molecule has 1 fully saturated rings. The second kappa shape index (κ2) is 6.96. The number of nitrogens with zero attached hydrogens (tertiary/aromatic N) is 2. The molecule has 1 aromatic carbocycles. The van der Waals surface area contributed by atoms with Crippen LogP contribution in [0.2, 0.25) is 0 Å². The first-order chi connectivity index (χ1) is 12.0. The largest absolute Gasteiger partial charge is 0.497 e. The lowest BCUT2D eigenvalue weighted by molar-refractivity contribution is -0.141. The molecular formula is C18H21N3O4. The Bertz CT molecular complexity index is 782. The van der Waals surface area contributed by atoms with Crippen molar-refractivity contribution in [2.45, 2.75) is 32.2 Å². The summed E-state index contributed by atoms with van der Waals surface area (Å²) in [5.74, 6) is -0.688. The summed E-state index contributed by atoms with van der Waals surface area (Å²) in [6.45, 7) is 1.88. The highest BCUT2D eigenvalue weighted by Gasteiger charge is 2.31. The topological polar surface area (TPSA) is 93.5 Å². The SMILES string of the molecule is COc1ccc(-n2nc(C(=O)N[C@H]3CC[C@@H](C(=O)O)C3)cc2C)cc1. The van der Waals surface area contributed by atoms with E-state index in [1.165, 1.54) is 0 Å². The van der Waals surface area contributed by atoms with E-state index in [9.17, 15) is 9.59 Å². The van der Waals surface area contributed by atoms with Crippen LogP contribution in [0, 0.1) is 12.8 Å². The van der Waals surface area contributed by atoms with Crippen LogP contribution >= 0.6 is 0 Å². The first kappa shape index (κ1) is 17.0. The van der Waals surface area contributed by atoms with Gasteiger partial charge in [-0.25, -0.2) is 4.68 Å². The maximum Gasteiger partial charge on any atom is 0.306 e. The third-order valence-corrected chi connectivity index (χ3v) is 4.55. The van der Waals surface area contributed by atoms with Crippen LogP contribution < -0.4 is 10.1 Å². The molecule has 0 aliphatic heterocycles. The molecule has 7 heteroatoms. The van der Waals surface area contributed by atoms with Crippen LogP contribution in [-0.2, 0) is 4.79 Å². The van der Waals surface area contributed by atoms with E-state index in [1.807, 2.05) is 31.2 Å². The van der Waals surface area contributed by atoms with Crippen LogP contribution in [0.1, 0.15) is 35.4 Å². The molecule has 1 aromatic heterocycles. The number of amides is 1. The summed E-state index contributed by atoms with van der Waals surface area (Å²) in [5.41, 5.74) is 2.00. The zero-order chi connectivity index (χ0) is 18.0. The van der Waals surface area contributed by atoms with Gasteiger partial charge in [-0.1, -0.05) is 0 Å². The summed E-state index contributed by atoms with van der Waals surface area (Å²) in [5, 5.41) is 16.3. The van der Waals surface area contributed by atoms with E-state index in [0.29, 0.717) is 25.0 Å². The summed E-state index contributed by atoms with van der Waals surface area (Å²) in [6.07, 6.45) is 1.75. The summed E-state index contributed by atoms with van der Waals surface area (Å²) in [6, 6.07) is 9.02. The van der Waals surface area contributed by atoms with Crippen molar-refractivity contribution in [2.24, 2.45) is 5.92 Å². The minimum absolute atomic E-state index is 0.111. The fourth-order valence-corrected chi connectivity index (χ4v) is 3.17. The van der Waals surface area contributed by atoms with Crippen LogP contribution in [-0.4, -0.2) is 39.9 Å². The predicted molar refractivity (Wildman–Crippen MR) is 91.1 cm³/mol. The highest BCUT2D eigenvalue weighted by Crippen LogP contribution is 2.26. The number of rotatable bonds is 5. The molecule has 1 saturated carbocycles. The standard InChI is InChI=1S/C18H21N3O4/c1-11-9-16(17(22)19-13-4-3-12(10-13)18(23)24)20-21(11)14-5-7-15(25-2)8-6-14/h5-9,12-13H,3-4,10H2,1-2H3,(H,19,22)(H,23,24)/t12-,13+/m1/s1. The van der Waals surface area contributed by atoms with Crippen molar-refractivity contribution in [3.8, 4) is 11.4 Å². The van der Waals surface area contributed by atoms with E-state index < -0.39 is 5.97 Å². The lowest BCUT2D eigenvalue weighted by Gasteiger charge is -2.11. The lowest BCUT2D eigenvalue weighted by Crippen LogP contribution is -2.33. The maximum absolute atomic E-state index is 12.4. The summed E-state index contributed by atoms with van der Waals surface area (Å²) in [7, 11) is 1.61. The molecule has 0 spiro atoms. The zero-order valence-corrected chi connectivity index (χ0v) is 14.2. The van der Waals surface area contributed by atoms with Crippen molar-refractivity contribution in [2.75, 3.05) is 7.11 Å². The van der Waals surface area contributed by atoms with Gasteiger partial charge >= 0.3 is 5.97 Å². The van der Waals surface area contributed by atoms with Gasteiger partial charge in [0.05, 0.1) is 18.7 Å². The van der Waals surface area contributed by atoms with Crippen LogP contribution in [0.25, 0.3) is 5.69 Å². The molecule has 0 bridgehead atoms. The van der Waals surface area contributed by atoms with Gasteiger partial charge in [-0.3, -0.25) is 9.59 Å². The van der Waals surface area contributed by atoms with Crippen molar-refractivity contribution < 1.29 is 19.4 Å². The number of carbonyl (C=O) groups is 2. The number of benzene rings is 1. The smallest absolute Gasteiger partial charge is 0.306 e. The third kappa shape index (κ3) is 3.65. The Morgan fingerprint density at radius 2 is 2.00 bits per heavy atom. The van der Waals surface area contributed by atoms with Gasteiger partial charge in [0, 0.05) is 11.7 Å². The van der Waals surface area contributed by atoms with Gasteiger partial charge < -0.3 is 15.2 Å². The molecule has 3 rings (SSSR count). The van der Waals surface area contributed by atoms with Crippen LogP contribution in [0.3, 0.4) is 0 Å². The first-order valence-electron chi connectivity index (χ1n) is 8.22. The molecule has 1 heterocycles. The van der Waals surface area contributed by atoms with Gasteiger partial charge in [0.15, 0.2) is 5.69 Å².